The van der Waals surface area contributed by atoms with E-state index in [0.29, 0.717) is 16.7 Å². The Balaban J connectivity index is 1.24. The van der Waals surface area contributed by atoms with E-state index in [-0.39, 0.29) is 12.1 Å². The lowest BCUT2D eigenvalue weighted by molar-refractivity contribution is 0.163. The molecule has 2 bridgehead atoms. The molecular weight excluding hydrogens is 496 g/mol. The maximum atomic E-state index is 13.5. The van der Waals surface area contributed by atoms with Gasteiger partial charge in [-0.05, 0) is 68.0 Å². The van der Waals surface area contributed by atoms with Crippen LogP contribution in [0.4, 0.5) is 10.5 Å². The molecule has 4 heterocycles. The minimum Gasteiger partial charge on any atom is -0.320 e. The number of imidazole rings is 1. The summed E-state index contributed by atoms with van der Waals surface area (Å²) in [4.78, 5) is 27.4. The van der Waals surface area contributed by atoms with Crippen molar-refractivity contribution in [3.05, 3.63) is 82.8 Å². The number of fused-ring (bicyclic) bond motifs is 3. The largest absolute Gasteiger partial charge is 0.322 e. The third-order valence-corrected chi connectivity index (χ3v) is 8.30. The number of aryl methyl sites for hydroxylation is 2. The molecule has 8 heteroatoms. The molecule has 0 saturated carbocycles. The number of urea groups is 1. The van der Waals surface area contributed by atoms with Gasteiger partial charge in [-0.2, -0.15) is 0 Å². The lowest BCUT2D eigenvalue weighted by atomic mass is 10.0. The van der Waals surface area contributed by atoms with Crippen LogP contribution in [-0.4, -0.2) is 55.9 Å². The molecule has 0 radical (unpaired) electrons. The zero-order chi connectivity index (χ0) is 26.2. The maximum absolute atomic E-state index is 13.5. The van der Waals surface area contributed by atoms with Gasteiger partial charge in [0.1, 0.15) is 0 Å². The van der Waals surface area contributed by atoms with Crippen molar-refractivity contribution in [3.8, 4) is 11.3 Å². The van der Waals surface area contributed by atoms with Crippen LogP contribution in [0.1, 0.15) is 36.6 Å². The van der Waals surface area contributed by atoms with Crippen LogP contribution in [0.5, 0.6) is 0 Å². The van der Waals surface area contributed by atoms with Crippen molar-refractivity contribution in [3.63, 3.8) is 0 Å². The summed E-state index contributed by atoms with van der Waals surface area (Å²) in [5.74, 6) is 1.22. The summed E-state index contributed by atoms with van der Waals surface area (Å²) in [6, 6.07) is 16.2. The number of rotatable bonds is 5. The van der Waals surface area contributed by atoms with Crippen molar-refractivity contribution in [2.24, 2.45) is 5.92 Å². The molecule has 2 unspecified atom stereocenters. The molecule has 2 fully saturated rings. The molecule has 2 amide bonds. The lowest BCUT2D eigenvalue weighted by Crippen LogP contribution is -2.46. The number of likely N-dealkylation sites (tertiary alicyclic amines) is 2. The van der Waals surface area contributed by atoms with Gasteiger partial charge in [0.05, 0.1) is 11.4 Å². The fourth-order valence-electron chi connectivity index (χ4n) is 6.06. The molecule has 2 aliphatic rings. The van der Waals surface area contributed by atoms with E-state index in [2.05, 4.69) is 56.5 Å². The monoisotopic (exact) mass is 528 g/mol. The van der Waals surface area contributed by atoms with Crippen LogP contribution in [0.2, 0.25) is 5.02 Å². The molecule has 0 spiro atoms. The van der Waals surface area contributed by atoms with E-state index in [1.807, 2.05) is 36.5 Å². The second kappa shape index (κ2) is 10.4. The molecule has 6 rings (SSSR count). The summed E-state index contributed by atoms with van der Waals surface area (Å²) in [6.45, 7) is 7.60. The van der Waals surface area contributed by atoms with Gasteiger partial charge in [0.2, 0.25) is 5.78 Å². The molecule has 2 aromatic carbocycles. The van der Waals surface area contributed by atoms with Crippen LogP contribution in [-0.2, 0) is 13.0 Å². The van der Waals surface area contributed by atoms with E-state index in [1.54, 1.807) is 6.20 Å². The van der Waals surface area contributed by atoms with E-state index >= 15 is 0 Å². The van der Waals surface area contributed by atoms with Crippen molar-refractivity contribution in [2.75, 3.05) is 25.0 Å². The molecule has 2 aliphatic heterocycles. The Hall–Kier alpha value is -3.42. The Morgan fingerprint density at radius 3 is 2.79 bits per heavy atom. The summed E-state index contributed by atoms with van der Waals surface area (Å²) >= 11 is 6.16. The Morgan fingerprint density at radius 1 is 1.13 bits per heavy atom. The molecule has 7 nitrogen and oxygen atoms in total. The summed E-state index contributed by atoms with van der Waals surface area (Å²) < 4.78 is 2.09. The van der Waals surface area contributed by atoms with E-state index in [4.69, 9.17) is 16.6 Å². The third kappa shape index (κ3) is 4.76. The van der Waals surface area contributed by atoms with Crippen LogP contribution < -0.4 is 5.32 Å². The van der Waals surface area contributed by atoms with Crippen molar-refractivity contribution in [1.82, 2.24) is 24.2 Å². The number of hydrogen-bond donors (Lipinski definition) is 1. The van der Waals surface area contributed by atoms with Gasteiger partial charge in [-0.1, -0.05) is 48.9 Å². The number of carbonyl (C=O) groups is 1. The lowest BCUT2D eigenvalue weighted by Gasteiger charge is -2.32. The average molecular weight is 529 g/mol. The molecule has 2 saturated heterocycles. The third-order valence-electron chi connectivity index (χ3n) is 8.05. The van der Waals surface area contributed by atoms with E-state index in [1.165, 1.54) is 5.56 Å². The summed E-state index contributed by atoms with van der Waals surface area (Å²) in [7, 11) is 0. The standard InChI is InChI=1S/C30H33ClN6O/c1-3-22-7-4-6-20(2)27(22)34-30(38)37-17-21-12-15-35(18-25(37)16-21)19-26-28(23-8-10-24(31)11-9-23)33-29-32-13-5-14-36(26)29/h4-11,13-14,21,25H,3,12,15-19H2,1-2H3,(H,34,38). The Kier molecular flexibility index (Phi) is 6.80. The van der Waals surface area contributed by atoms with Crippen LogP contribution >= 0.6 is 11.6 Å². The Morgan fingerprint density at radius 2 is 1.97 bits per heavy atom. The van der Waals surface area contributed by atoms with Gasteiger partial charge in [-0.25, -0.2) is 14.8 Å². The molecule has 2 aromatic heterocycles. The summed E-state index contributed by atoms with van der Waals surface area (Å²) in [6.07, 6.45) is 6.83. The van der Waals surface area contributed by atoms with E-state index in [0.717, 1.165) is 73.6 Å². The summed E-state index contributed by atoms with van der Waals surface area (Å²) in [5, 5.41) is 3.96. The molecule has 196 valence electrons. The normalized spacial score (nSPS) is 19.6. The predicted molar refractivity (Wildman–Crippen MR) is 152 cm³/mol. The Labute approximate surface area is 228 Å². The summed E-state index contributed by atoms with van der Waals surface area (Å²) in [5.41, 5.74) is 6.30. The first-order valence-corrected chi connectivity index (χ1v) is 13.8. The number of nitrogens with one attached hydrogen (secondary N) is 1. The molecule has 2 atom stereocenters. The fourth-order valence-corrected chi connectivity index (χ4v) is 6.19. The predicted octanol–water partition coefficient (Wildman–Crippen LogP) is 6.05. The number of hydrogen-bond acceptors (Lipinski definition) is 4. The first kappa shape index (κ1) is 24.9. The number of para-hydroxylation sites is 1. The van der Waals surface area contributed by atoms with Crippen molar-refractivity contribution in [2.45, 2.75) is 45.7 Å². The van der Waals surface area contributed by atoms with Gasteiger partial charge in [-0.15, -0.1) is 0 Å². The quantitative estimate of drug-likeness (QED) is 0.342. The van der Waals surface area contributed by atoms with Gasteiger partial charge in [0.25, 0.3) is 0 Å². The number of anilines is 1. The topological polar surface area (TPSA) is 65.8 Å². The van der Waals surface area contributed by atoms with E-state index in [9.17, 15) is 4.79 Å². The van der Waals surface area contributed by atoms with Gasteiger partial charge >= 0.3 is 6.03 Å². The van der Waals surface area contributed by atoms with Crippen molar-refractivity contribution in [1.29, 1.82) is 0 Å². The SMILES string of the molecule is CCc1cccc(C)c1NC(=O)N1CC2CCN(Cc3c(-c4ccc(Cl)cc4)nc4ncccn34)CC1C2. The highest BCUT2D eigenvalue weighted by Gasteiger charge is 2.39. The van der Waals surface area contributed by atoms with Crippen molar-refractivity contribution >= 4 is 29.1 Å². The number of benzene rings is 2. The van der Waals surface area contributed by atoms with Crippen LogP contribution in [0, 0.1) is 12.8 Å². The molecule has 0 aliphatic carbocycles. The maximum Gasteiger partial charge on any atom is 0.322 e. The number of carbonyl (C=O) groups excluding carboxylic acids is 1. The van der Waals surface area contributed by atoms with Gasteiger partial charge < -0.3 is 10.2 Å². The van der Waals surface area contributed by atoms with Gasteiger partial charge in [0.15, 0.2) is 0 Å². The molecular formula is C30H33ClN6O. The first-order chi connectivity index (χ1) is 18.5. The first-order valence-electron chi connectivity index (χ1n) is 13.5. The van der Waals surface area contributed by atoms with Gasteiger partial charge in [0, 0.05) is 54.3 Å². The highest BCUT2D eigenvalue weighted by Crippen LogP contribution is 2.33. The van der Waals surface area contributed by atoms with Crippen LogP contribution in [0.15, 0.2) is 60.9 Å². The average Bonchev–Trinajstić information content (AvgIpc) is 3.42. The van der Waals surface area contributed by atoms with Crippen LogP contribution in [0.25, 0.3) is 17.0 Å². The highest BCUT2D eigenvalue weighted by atomic mass is 35.5. The van der Waals surface area contributed by atoms with E-state index < -0.39 is 0 Å². The minimum absolute atomic E-state index is 0.0178. The number of aromatic nitrogens is 3. The second-order valence-electron chi connectivity index (χ2n) is 10.5. The smallest absolute Gasteiger partial charge is 0.320 e. The van der Waals surface area contributed by atoms with Crippen molar-refractivity contribution < 1.29 is 4.79 Å². The zero-order valence-electron chi connectivity index (χ0n) is 21.9. The number of nitrogens with zero attached hydrogens (tertiary/aromatic N) is 5. The van der Waals surface area contributed by atoms with Gasteiger partial charge in [-0.3, -0.25) is 9.30 Å². The molecule has 4 aromatic rings. The van der Waals surface area contributed by atoms with Crippen LogP contribution in [0.3, 0.4) is 0 Å². The molecule has 1 N–H and O–H groups in total. The fraction of sp³-hybridized carbons (Fsp3) is 0.367. The number of halogens is 1. The zero-order valence-corrected chi connectivity index (χ0v) is 22.7. The minimum atomic E-state index is 0.0178. The number of amides is 2. The second-order valence-corrected chi connectivity index (χ2v) is 11.0. The molecule has 38 heavy (non-hydrogen) atoms. The Bertz CT molecular complexity index is 1470. The highest BCUT2D eigenvalue weighted by molar-refractivity contribution is 6.30.